The van der Waals surface area contributed by atoms with Gasteiger partial charge in [0, 0.05) is 18.9 Å². The first-order valence-electron chi connectivity index (χ1n) is 7.27. The molecule has 2 heterocycles. The molecule has 0 N–H and O–H groups in total. The maximum Gasteiger partial charge on any atom is 0.259 e. The largest absolute Gasteiger partial charge is 0.485 e. The number of ether oxygens (including phenoxy) is 1. The molecular weight excluding hydrogens is 295 g/mol. The molecule has 0 aliphatic carbocycles. The number of para-hydroxylation sites is 1. The van der Waals surface area contributed by atoms with Crippen molar-refractivity contribution >= 4 is 5.91 Å². The molecule has 0 radical (unpaired) electrons. The fourth-order valence-corrected chi connectivity index (χ4v) is 3.03. The molecule has 2 aliphatic rings. The second-order valence-electron chi connectivity index (χ2n) is 6.62. The van der Waals surface area contributed by atoms with Crippen molar-refractivity contribution in [1.82, 2.24) is 4.90 Å². The molecule has 22 heavy (non-hydrogen) atoms. The van der Waals surface area contributed by atoms with Crippen LogP contribution in [0.5, 0.6) is 5.75 Å². The zero-order chi connectivity index (χ0) is 16.3. The van der Waals surface area contributed by atoms with Crippen molar-refractivity contribution in [3.8, 4) is 5.75 Å². The van der Waals surface area contributed by atoms with Gasteiger partial charge in [0.25, 0.3) is 5.92 Å². The molecule has 0 saturated carbocycles. The third kappa shape index (κ3) is 2.08. The van der Waals surface area contributed by atoms with Crippen LogP contribution in [0, 0.1) is 11.2 Å². The summed E-state index contributed by atoms with van der Waals surface area (Å²) in [5.41, 5.74) is -1.27. The number of nitrogens with zero attached hydrogens (tertiary/aromatic N) is 1. The van der Waals surface area contributed by atoms with Crippen LogP contribution in [0.4, 0.5) is 13.2 Å². The monoisotopic (exact) mass is 313 g/mol. The predicted molar refractivity (Wildman–Crippen MR) is 74.3 cm³/mol. The third-order valence-corrected chi connectivity index (χ3v) is 4.80. The molecule has 3 nitrogen and oxygen atoms in total. The highest BCUT2D eigenvalue weighted by Crippen LogP contribution is 2.47. The summed E-state index contributed by atoms with van der Waals surface area (Å²) in [6.07, 6.45) is 0.160. The Hall–Kier alpha value is -1.72. The maximum absolute atomic E-state index is 13.8. The van der Waals surface area contributed by atoms with Gasteiger partial charge in [-0.25, -0.2) is 13.2 Å². The van der Waals surface area contributed by atoms with E-state index in [2.05, 4.69) is 0 Å². The highest BCUT2D eigenvalue weighted by Gasteiger charge is 2.54. The van der Waals surface area contributed by atoms with Gasteiger partial charge in [0.1, 0.15) is 11.5 Å². The zero-order valence-electron chi connectivity index (χ0n) is 12.7. The van der Waals surface area contributed by atoms with Crippen LogP contribution in [0.3, 0.4) is 0 Å². The molecule has 1 amide bonds. The summed E-state index contributed by atoms with van der Waals surface area (Å²) in [7, 11) is 0. The van der Waals surface area contributed by atoms with E-state index in [0.29, 0.717) is 12.0 Å². The molecule has 0 spiro atoms. The van der Waals surface area contributed by atoms with Crippen LogP contribution in [-0.2, 0) is 4.79 Å². The molecule has 1 fully saturated rings. The fourth-order valence-electron chi connectivity index (χ4n) is 3.03. The van der Waals surface area contributed by atoms with E-state index in [1.165, 1.54) is 24.8 Å². The summed E-state index contributed by atoms with van der Waals surface area (Å²) in [5, 5.41) is 0. The van der Waals surface area contributed by atoms with Gasteiger partial charge >= 0.3 is 0 Å². The van der Waals surface area contributed by atoms with Crippen LogP contribution in [0.1, 0.15) is 38.8 Å². The van der Waals surface area contributed by atoms with Gasteiger partial charge in [-0.1, -0.05) is 12.1 Å². The normalized spacial score (nSPS) is 24.0. The van der Waals surface area contributed by atoms with Crippen molar-refractivity contribution in [2.24, 2.45) is 5.41 Å². The van der Waals surface area contributed by atoms with Crippen LogP contribution in [0.2, 0.25) is 0 Å². The number of fused-ring (bicyclic) bond motifs is 4. The van der Waals surface area contributed by atoms with E-state index >= 15 is 0 Å². The first kappa shape index (κ1) is 15.2. The number of halogens is 3. The molecular formula is C16H18F3NO2. The summed E-state index contributed by atoms with van der Waals surface area (Å²) in [6, 6.07) is 4.11. The van der Waals surface area contributed by atoms with Gasteiger partial charge in [-0.2, -0.15) is 0 Å². The van der Waals surface area contributed by atoms with Crippen molar-refractivity contribution in [2.45, 2.75) is 45.3 Å². The van der Waals surface area contributed by atoms with Gasteiger partial charge < -0.3 is 9.64 Å². The van der Waals surface area contributed by atoms with Gasteiger partial charge in [0.05, 0.1) is 12.6 Å². The second kappa shape index (κ2) is 4.64. The summed E-state index contributed by atoms with van der Waals surface area (Å²) in [6.45, 7) is 3.43. The number of alkyl halides is 2. The van der Waals surface area contributed by atoms with Crippen LogP contribution >= 0.6 is 0 Å². The average Bonchev–Trinajstić information content (AvgIpc) is 2.76. The minimum atomic E-state index is -3.15. The van der Waals surface area contributed by atoms with Gasteiger partial charge in [0.15, 0.2) is 11.6 Å². The number of rotatable bonds is 2. The Bertz CT molecular complexity index is 624. The lowest BCUT2D eigenvalue weighted by Crippen LogP contribution is -2.49. The number of hydrogen-bond donors (Lipinski definition) is 0. The van der Waals surface area contributed by atoms with Crippen LogP contribution in [-0.4, -0.2) is 29.4 Å². The Labute approximate surface area is 127 Å². The molecule has 1 aromatic rings. The quantitative estimate of drug-likeness (QED) is 0.836. The molecule has 0 unspecified atom stereocenters. The predicted octanol–water partition coefficient (Wildman–Crippen LogP) is 3.54. The van der Waals surface area contributed by atoms with Crippen molar-refractivity contribution in [3.63, 3.8) is 0 Å². The SMILES string of the molecule is CC(F)(F)C(C)(C)C(=O)N1C[C@@H]2C[C@H]1c1cccc(F)c1O2. The van der Waals surface area contributed by atoms with E-state index in [1.54, 1.807) is 12.1 Å². The smallest absolute Gasteiger partial charge is 0.259 e. The van der Waals surface area contributed by atoms with Crippen LogP contribution in [0.25, 0.3) is 0 Å². The fraction of sp³-hybridized carbons (Fsp3) is 0.562. The van der Waals surface area contributed by atoms with E-state index in [9.17, 15) is 18.0 Å². The van der Waals surface area contributed by atoms with E-state index in [4.69, 9.17) is 4.74 Å². The highest BCUT2D eigenvalue weighted by atomic mass is 19.3. The number of carbonyl (C=O) groups excluding carboxylic acids is 1. The third-order valence-electron chi connectivity index (χ3n) is 4.80. The maximum atomic E-state index is 13.8. The van der Waals surface area contributed by atoms with Gasteiger partial charge in [-0.05, 0) is 19.9 Å². The van der Waals surface area contributed by atoms with Crippen molar-refractivity contribution in [2.75, 3.05) is 6.54 Å². The minimum Gasteiger partial charge on any atom is -0.485 e. The van der Waals surface area contributed by atoms with Crippen LogP contribution < -0.4 is 4.74 Å². The standard InChI is InChI=1S/C16H18F3NO2/c1-15(2,16(3,18)19)14(21)20-8-9-7-12(20)10-5-4-6-11(17)13(10)22-9/h4-6,9,12H,7-8H2,1-3H3/t9-,12-/m0/s1. The zero-order valence-corrected chi connectivity index (χ0v) is 12.7. The number of carbonyl (C=O) groups is 1. The molecule has 2 aliphatic heterocycles. The molecule has 2 bridgehead atoms. The summed E-state index contributed by atoms with van der Waals surface area (Å²) >= 11 is 0. The van der Waals surface area contributed by atoms with Crippen LogP contribution in [0.15, 0.2) is 18.2 Å². The summed E-state index contributed by atoms with van der Waals surface area (Å²) in [5.74, 6) is -4.12. The Kier molecular flexibility index (Phi) is 3.20. The van der Waals surface area contributed by atoms with Crippen molar-refractivity contribution in [1.29, 1.82) is 0 Å². The molecule has 6 heteroatoms. The summed E-state index contributed by atoms with van der Waals surface area (Å²) < 4.78 is 47.0. The van der Waals surface area contributed by atoms with Gasteiger partial charge in [-0.3, -0.25) is 4.79 Å². The first-order chi connectivity index (χ1) is 10.1. The van der Waals surface area contributed by atoms with E-state index < -0.39 is 29.1 Å². The summed E-state index contributed by atoms with van der Waals surface area (Å²) in [4.78, 5) is 14.1. The average molecular weight is 313 g/mol. The van der Waals surface area contributed by atoms with E-state index in [1.807, 2.05) is 0 Å². The van der Waals surface area contributed by atoms with Gasteiger partial charge in [0.2, 0.25) is 5.91 Å². The molecule has 2 atom stereocenters. The number of benzene rings is 1. The molecule has 0 aromatic heterocycles. The molecule has 1 saturated heterocycles. The Morgan fingerprint density at radius 2 is 2.00 bits per heavy atom. The lowest BCUT2D eigenvalue weighted by atomic mass is 9.84. The Morgan fingerprint density at radius 1 is 1.32 bits per heavy atom. The topological polar surface area (TPSA) is 29.5 Å². The van der Waals surface area contributed by atoms with Gasteiger partial charge in [-0.15, -0.1) is 0 Å². The highest BCUT2D eigenvalue weighted by molar-refractivity contribution is 5.84. The second-order valence-corrected chi connectivity index (χ2v) is 6.62. The van der Waals surface area contributed by atoms with Crippen molar-refractivity contribution < 1.29 is 22.7 Å². The van der Waals surface area contributed by atoms with E-state index in [-0.39, 0.29) is 18.4 Å². The lowest BCUT2D eigenvalue weighted by molar-refractivity contribution is -0.163. The number of amides is 1. The Balaban J connectivity index is 1.97. The number of likely N-dealkylation sites (tertiary alicyclic amines) is 1. The molecule has 1 aromatic carbocycles. The minimum absolute atomic E-state index is 0.139. The van der Waals surface area contributed by atoms with E-state index in [0.717, 1.165) is 6.92 Å². The van der Waals surface area contributed by atoms with Crippen molar-refractivity contribution in [3.05, 3.63) is 29.6 Å². The molecule has 120 valence electrons. The Morgan fingerprint density at radius 3 is 2.64 bits per heavy atom. The molecule has 3 rings (SSSR count). The first-order valence-corrected chi connectivity index (χ1v) is 7.27. The number of hydrogen-bond acceptors (Lipinski definition) is 2. The lowest BCUT2D eigenvalue weighted by Gasteiger charge is -2.36.